The number of nitrogens with two attached hydrogens (primary N) is 1. The number of aromatic nitrogens is 4. The van der Waals surface area contributed by atoms with Crippen LogP contribution in [-0.4, -0.2) is 31.1 Å². The second-order valence-electron chi connectivity index (χ2n) is 6.52. The number of benzene rings is 1. The van der Waals surface area contributed by atoms with Gasteiger partial charge in [0, 0.05) is 25.8 Å². The second-order valence-corrected chi connectivity index (χ2v) is 6.52. The Morgan fingerprint density at radius 2 is 1.93 bits per heavy atom. The summed E-state index contributed by atoms with van der Waals surface area (Å²) in [6.45, 7) is 2.78. The lowest BCUT2D eigenvalue weighted by Gasteiger charge is -2.16. The molecule has 0 saturated carbocycles. The number of hydrazine groups is 1. The molecule has 0 spiro atoms. The molecule has 3 aromatic rings. The fourth-order valence-corrected chi connectivity index (χ4v) is 3.38. The molecule has 27 heavy (non-hydrogen) atoms. The van der Waals surface area contributed by atoms with E-state index in [0.29, 0.717) is 30.2 Å². The van der Waals surface area contributed by atoms with Crippen molar-refractivity contribution in [2.24, 2.45) is 12.9 Å². The fraction of sp³-hybridized carbons (Fsp3) is 0.294. The third kappa shape index (κ3) is 2.53. The van der Waals surface area contributed by atoms with Gasteiger partial charge in [0.05, 0.1) is 0 Å². The number of hydrogen-bond donors (Lipinski definition) is 2. The summed E-state index contributed by atoms with van der Waals surface area (Å²) >= 11 is 0. The number of amides is 1. The molecule has 140 valence electrons. The van der Waals surface area contributed by atoms with Crippen molar-refractivity contribution in [3.8, 4) is 0 Å². The van der Waals surface area contributed by atoms with Gasteiger partial charge in [0.25, 0.3) is 11.5 Å². The average molecular weight is 369 g/mol. The van der Waals surface area contributed by atoms with E-state index in [2.05, 4.69) is 4.98 Å². The number of imidazole rings is 1. The Morgan fingerprint density at radius 3 is 2.59 bits per heavy atom. The zero-order valence-electron chi connectivity index (χ0n) is 15.0. The number of nitrogens with zero attached hydrogens (tertiary/aromatic N) is 5. The van der Waals surface area contributed by atoms with Gasteiger partial charge in [-0.05, 0) is 19.1 Å². The Balaban J connectivity index is 1.92. The van der Waals surface area contributed by atoms with Crippen LogP contribution in [0.15, 0.2) is 33.9 Å². The highest BCUT2D eigenvalue weighted by Crippen LogP contribution is 2.31. The first kappa shape index (κ1) is 17.0. The summed E-state index contributed by atoms with van der Waals surface area (Å²) in [6.07, 6.45) is 0. The smallest absolute Gasteiger partial charge is 0.310 e. The van der Waals surface area contributed by atoms with Crippen LogP contribution in [0, 0.1) is 6.92 Å². The number of hydrogen-bond acceptors (Lipinski definition) is 6. The summed E-state index contributed by atoms with van der Waals surface area (Å²) in [7, 11) is 1.53. The highest BCUT2D eigenvalue weighted by Gasteiger charge is 2.28. The normalized spacial score (nSPS) is 13.2. The first-order valence-electron chi connectivity index (χ1n) is 8.46. The van der Waals surface area contributed by atoms with Crippen LogP contribution in [0.2, 0.25) is 0 Å². The van der Waals surface area contributed by atoms with Crippen molar-refractivity contribution >= 4 is 28.7 Å². The van der Waals surface area contributed by atoms with Gasteiger partial charge >= 0.3 is 5.69 Å². The van der Waals surface area contributed by atoms with Gasteiger partial charge in [0.2, 0.25) is 5.95 Å². The van der Waals surface area contributed by atoms with Crippen molar-refractivity contribution in [2.45, 2.75) is 20.0 Å². The van der Waals surface area contributed by atoms with Gasteiger partial charge in [-0.15, -0.1) is 0 Å². The maximum absolute atomic E-state index is 12.9. The second kappa shape index (κ2) is 6.09. The lowest BCUT2D eigenvalue weighted by Crippen LogP contribution is -2.44. The summed E-state index contributed by atoms with van der Waals surface area (Å²) < 4.78 is 3.93. The predicted octanol–water partition coefficient (Wildman–Crippen LogP) is -0.653. The van der Waals surface area contributed by atoms with E-state index in [1.54, 1.807) is 4.57 Å². The largest absolute Gasteiger partial charge is 0.332 e. The molecule has 1 amide bonds. The zero-order valence-corrected chi connectivity index (χ0v) is 15.0. The van der Waals surface area contributed by atoms with E-state index >= 15 is 0 Å². The third-order valence-corrected chi connectivity index (χ3v) is 4.81. The molecule has 0 aliphatic carbocycles. The Labute approximate surface area is 153 Å². The van der Waals surface area contributed by atoms with E-state index in [1.807, 2.05) is 41.5 Å². The molecule has 0 unspecified atom stereocenters. The molecule has 0 bridgehead atoms. The average Bonchev–Trinajstić information content (AvgIpc) is 3.23. The topological polar surface area (TPSA) is 120 Å². The number of carbonyl (C=O) groups excluding carboxylic acids is 1. The van der Waals surface area contributed by atoms with Gasteiger partial charge in [0.1, 0.15) is 6.54 Å². The van der Waals surface area contributed by atoms with Crippen molar-refractivity contribution in [3.05, 3.63) is 50.7 Å². The maximum atomic E-state index is 12.9. The molecule has 1 aliphatic rings. The van der Waals surface area contributed by atoms with E-state index in [-0.39, 0.29) is 0 Å². The number of carbonyl (C=O) groups is 1. The molecular formula is C17H19N7O3. The Bertz CT molecular complexity index is 1170. The van der Waals surface area contributed by atoms with E-state index in [4.69, 9.17) is 5.84 Å². The van der Waals surface area contributed by atoms with Crippen molar-refractivity contribution in [2.75, 3.05) is 11.4 Å². The van der Waals surface area contributed by atoms with Gasteiger partial charge in [0.15, 0.2) is 11.2 Å². The van der Waals surface area contributed by atoms with Gasteiger partial charge in [-0.25, -0.2) is 15.2 Å². The summed E-state index contributed by atoms with van der Waals surface area (Å²) in [6, 6.07) is 8.00. The van der Waals surface area contributed by atoms with E-state index in [0.717, 1.165) is 15.8 Å². The molecule has 3 N–H and O–H groups in total. The van der Waals surface area contributed by atoms with Crippen molar-refractivity contribution < 1.29 is 4.79 Å². The van der Waals surface area contributed by atoms with Gasteiger partial charge in [-0.1, -0.05) is 17.7 Å². The van der Waals surface area contributed by atoms with Crippen LogP contribution in [-0.2, 0) is 24.9 Å². The van der Waals surface area contributed by atoms with Gasteiger partial charge < -0.3 is 9.47 Å². The molecule has 1 aliphatic heterocycles. The first-order chi connectivity index (χ1) is 12.9. The van der Waals surface area contributed by atoms with Crippen molar-refractivity contribution in [3.63, 3.8) is 0 Å². The summed E-state index contributed by atoms with van der Waals surface area (Å²) in [4.78, 5) is 43.6. The van der Waals surface area contributed by atoms with E-state index in [1.165, 1.54) is 11.6 Å². The molecule has 10 nitrogen and oxygen atoms in total. The molecule has 0 fully saturated rings. The number of aryl methyl sites for hydroxylation is 2. The SMILES string of the molecule is Cc1ccc(N2CCn3c2nc2c3c(=O)n(CC(=O)NN)c(=O)n2C)cc1. The fourth-order valence-electron chi connectivity index (χ4n) is 3.38. The molecule has 3 heterocycles. The summed E-state index contributed by atoms with van der Waals surface area (Å²) in [5.74, 6) is 5.06. The minimum Gasteiger partial charge on any atom is -0.310 e. The van der Waals surface area contributed by atoms with Crippen molar-refractivity contribution in [1.82, 2.24) is 24.1 Å². The Kier molecular flexibility index (Phi) is 3.84. The van der Waals surface area contributed by atoms with Crippen LogP contribution in [0.1, 0.15) is 5.56 Å². The highest BCUT2D eigenvalue weighted by atomic mass is 16.2. The van der Waals surface area contributed by atoms with Crippen molar-refractivity contribution in [1.29, 1.82) is 0 Å². The first-order valence-corrected chi connectivity index (χ1v) is 8.46. The standard InChI is InChI=1S/C17H19N7O3/c1-10-3-5-11(6-4-10)22-7-8-23-13-14(19-16(22)23)21(2)17(27)24(15(13)26)9-12(25)20-18/h3-6H,7-9,18H2,1-2H3,(H,20,25). The number of fused-ring (bicyclic) bond motifs is 3. The Morgan fingerprint density at radius 1 is 1.22 bits per heavy atom. The minimum atomic E-state index is -0.629. The monoisotopic (exact) mass is 369 g/mol. The van der Waals surface area contributed by atoms with Gasteiger partial charge in [-0.2, -0.15) is 4.98 Å². The van der Waals surface area contributed by atoms with E-state index in [9.17, 15) is 14.4 Å². The predicted molar refractivity (Wildman–Crippen MR) is 99.7 cm³/mol. The van der Waals surface area contributed by atoms with E-state index < -0.39 is 23.7 Å². The number of anilines is 2. The van der Waals surface area contributed by atoms with Crippen LogP contribution in [0.3, 0.4) is 0 Å². The van der Waals surface area contributed by atoms with Crippen LogP contribution < -0.4 is 27.4 Å². The lowest BCUT2D eigenvalue weighted by atomic mass is 10.2. The Hall–Kier alpha value is -3.40. The minimum absolute atomic E-state index is 0.293. The molecular weight excluding hydrogens is 350 g/mol. The third-order valence-electron chi connectivity index (χ3n) is 4.81. The summed E-state index contributed by atoms with van der Waals surface area (Å²) in [5, 5.41) is 0. The number of nitrogens with one attached hydrogen (secondary N) is 1. The zero-order chi connectivity index (χ0) is 19.3. The molecule has 0 radical (unpaired) electrons. The van der Waals surface area contributed by atoms with Gasteiger partial charge in [-0.3, -0.25) is 19.6 Å². The quantitative estimate of drug-likeness (QED) is 0.359. The molecule has 1 aromatic carbocycles. The maximum Gasteiger partial charge on any atom is 0.332 e. The molecule has 10 heteroatoms. The molecule has 0 atom stereocenters. The summed E-state index contributed by atoms with van der Waals surface area (Å²) in [5.41, 5.74) is 3.47. The van der Waals surface area contributed by atoms with Crippen LogP contribution >= 0.6 is 0 Å². The number of rotatable bonds is 3. The molecule has 0 saturated heterocycles. The van der Waals surface area contributed by atoms with Crippen LogP contribution in [0.25, 0.3) is 11.2 Å². The molecule has 2 aromatic heterocycles. The highest BCUT2D eigenvalue weighted by molar-refractivity contribution is 5.79. The van der Waals surface area contributed by atoms with Crippen LogP contribution in [0.4, 0.5) is 11.6 Å². The van der Waals surface area contributed by atoms with Crippen LogP contribution in [0.5, 0.6) is 0 Å². The lowest BCUT2D eigenvalue weighted by molar-refractivity contribution is -0.121. The molecule has 4 rings (SSSR count).